The maximum atomic E-state index is 12.9. The number of carbonyl (C=O) groups is 4. The number of pyridine rings is 1. The topological polar surface area (TPSA) is 251 Å². The second-order valence-corrected chi connectivity index (χ2v) is 12.6. The second kappa shape index (κ2) is 15.0. The third kappa shape index (κ3) is 9.36. The number of hydrogen-bond acceptors (Lipinski definition) is 9. The average molecular weight is 704 g/mol. The molecule has 0 fully saturated rings. The fourth-order valence-electron chi connectivity index (χ4n) is 4.62. The molecule has 0 aliphatic carbocycles. The minimum atomic E-state index is -2.74. The molecule has 3 aromatic heterocycles. The predicted molar refractivity (Wildman–Crippen MR) is 185 cm³/mol. The fourth-order valence-corrected chi connectivity index (χ4v) is 4.62. The first-order valence-corrected chi connectivity index (χ1v) is 15.3. The number of urea groups is 1. The number of fused-ring (bicyclic) bond motifs is 1. The van der Waals surface area contributed by atoms with E-state index in [0.29, 0.717) is 34.2 Å². The number of aromatic amines is 1. The molecule has 0 aliphatic heterocycles. The minimum absolute atomic E-state index is 0.189. The van der Waals surface area contributed by atoms with Crippen LogP contribution in [0.5, 0.6) is 11.5 Å². The lowest BCUT2D eigenvalue weighted by Gasteiger charge is -2.18. The Kier molecular flexibility index (Phi) is 10.9. The molecular weight excluding hydrogens is 666 g/mol. The Morgan fingerprint density at radius 3 is 2.06 bits per heavy atom. The largest absolute Gasteiger partial charge is 0.481 e. The molecule has 2 aromatic carbocycles. The molecule has 0 bridgehead atoms. The van der Waals surface area contributed by atoms with E-state index in [0.717, 1.165) is 16.9 Å². The number of benzene rings is 2. The summed E-state index contributed by atoms with van der Waals surface area (Å²) in [6.07, 6.45) is -0.707. The molecule has 0 unspecified atom stereocenters. The van der Waals surface area contributed by atoms with E-state index in [4.69, 9.17) is 30.3 Å². The van der Waals surface area contributed by atoms with Gasteiger partial charge in [0, 0.05) is 36.5 Å². The lowest BCUT2D eigenvalue weighted by Crippen LogP contribution is -2.42. The lowest BCUT2D eigenvalue weighted by atomic mass is 9.92. The Bertz CT molecular complexity index is 2110. The van der Waals surface area contributed by atoms with Crippen LogP contribution in [0.25, 0.3) is 16.9 Å². The van der Waals surface area contributed by atoms with Gasteiger partial charge in [0.1, 0.15) is 17.1 Å². The van der Waals surface area contributed by atoms with Crippen molar-refractivity contribution in [2.24, 2.45) is 7.05 Å². The van der Waals surface area contributed by atoms with Crippen LogP contribution in [0.1, 0.15) is 44.9 Å². The smallest absolute Gasteiger partial charge is 0.336 e. The van der Waals surface area contributed by atoms with Crippen molar-refractivity contribution >= 4 is 46.6 Å². The number of nitrogens with zero attached hydrogens (tertiary/aromatic N) is 4. The van der Waals surface area contributed by atoms with Crippen molar-refractivity contribution in [3.63, 3.8) is 0 Å². The van der Waals surface area contributed by atoms with E-state index in [-0.39, 0.29) is 11.1 Å². The van der Waals surface area contributed by atoms with E-state index in [2.05, 4.69) is 41.4 Å². The predicted octanol–water partition coefficient (Wildman–Crippen LogP) is 4.24. The average Bonchev–Trinajstić information content (AvgIpc) is 3.59. The molecule has 17 nitrogen and oxygen atoms in total. The molecule has 268 valence electrons. The van der Waals surface area contributed by atoms with E-state index >= 15 is 0 Å². The van der Waals surface area contributed by atoms with Crippen molar-refractivity contribution in [1.82, 2.24) is 24.3 Å². The molecule has 0 saturated heterocycles. The van der Waals surface area contributed by atoms with Crippen LogP contribution in [-0.2, 0) is 26.8 Å². The van der Waals surface area contributed by atoms with E-state index < -0.39 is 42.4 Å². The van der Waals surface area contributed by atoms with Gasteiger partial charge in [-0.3, -0.25) is 19.5 Å². The molecule has 0 atom stereocenters. The van der Waals surface area contributed by atoms with Gasteiger partial charge in [0.25, 0.3) is 0 Å². The number of aliphatic carboxylic acids is 3. The number of H-pyrrole nitrogens is 1. The highest BCUT2D eigenvalue weighted by Gasteiger charge is 2.40. The Labute approximate surface area is 290 Å². The van der Waals surface area contributed by atoms with Crippen LogP contribution < -0.4 is 21.1 Å². The van der Waals surface area contributed by atoms with Crippen LogP contribution >= 0.6 is 0 Å². The Morgan fingerprint density at radius 2 is 1.51 bits per heavy atom. The first-order chi connectivity index (χ1) is 23.9. The molecule has 0 aliphatic rings. The number of carboxylic acids is 3. The highest BCUT2D eigenvalue weighted by molar-refractivity contribution is 5.99. The molecule has 17 heteroatoms. The molecule has 5 rings (SSSR count). The summed E-state index contributed by atoms with van der Waals surface area (Å²) < 4.78 is 9.12. The number of rotatable bonds is 10. The molecule has 0 saturated carbocycles. The molecule has 2 amide bonds. The summed E-state index contributed by atoms with van der Waals surface area (Å²) in [5, 5.41) is 44.3. The molecule has 5 aromatic rings. The summed E-state index contributed by atoms with van der Waals surface area (Å²) in [5.74, 6) is -3.44. The van der Waals surface area contributed by atoms with Gasteiger partial charge in [0.2, 0.25) is 0 Å². The number of amides is 2. The summed E-state index contributed by atoms with van der Waals surface area (Å²) in [7, 11) is 1.64. The second-order valence-electron chi connectivity index (χ2n) is 12.6. The lowest BCUT2D eigenvalue weighted by molar-refractivity contribution is -0.170. The summed E-state index contributed by atoms with van der Waals surface area (Å²) in [4.78, 5) is 62.3. The van der Waals surface area contributed by atoms with Gasteiger partial charge in [-0.25, -0.2) is 24.0 Å². The van der Waals surface area contributed by atoms with Crippen LogP contribution in [0, 0.1) is 6.92 Å². The zero-order valence-corrected chi connectivity index (χ0v) is 28.3. The van der Waals surface area contributed by atoms with Gasteiger partial charge in [0.05, 0.1) is 24.2 Å². The minimum Gasteiger partial charge on any atom is -0.481 e. The van der Waals surface area contributed by atoms with E-state index in [9.17, 15) is 24.0 Å². The third-order valence-corrected chi connectivity index (χ3v) is 7.37. The van der Waals surface area contributed by atoms with Crippen molar-refractivity contribution in [3.05, 3.63) is 88.6 Å². The summed E-state index contributed by atoms with van der Waals surface area (Å²) in [5.41, 5.74) is 1.26. The van der Waals surface area contributed by atoms with Gasteiger partial charge in [-0.05, 0) is 43.3 Å². The van der Waals surface area contributed by atoms with Crippen molar-refractivity contribution in [1.29, 1.82) is 0 Å². The molecule has 7 N–H and O–H groups in total. The normalized spacial score (nSPS) is 11.3. The van der Waals surface area contributed by atoms with Crippen molar-refractivity contribution < 1.29 is 44.3 Å². The van der Waals surface area contributed by atoms with Crippen LogP contribution in [0.15, 0.2) is 71.7 Å². The van der Waals surface area contributed by atoms with Crippen molar-refractivity contribution in [2.75, 3.05) is 10.6 Å². The maximum absolute atomic E-state index is 12.9. The monoisotopic (exact) mass is 703 g/mol. The van der Waals surface area contributed by atoms with Gasteiger partial charge >= 0.3 is 29.6 Å². The highest BCUT2D eigenvalue weighted by Crippen LogP contribution is 2.29. The maximum Gasteiger partial charge on any atom is 0.336 e. The first kappa shape index (κ1) is 37.3. The van der Waals surface area contributed by atoms with Crippen LogP contribution in [0.2, 0.25) is 0 Å². The van der Waals surface area contributed by atoms with Crippen molar-refractivity contribution in [3.8, 4) is 17.2 Å². The van der Waals surface area contributed by atoms with Crippen LogP contribution in [-0.4, -0.2) is 74.3 Å². The van der Waals surface area contributed by atoms with Crippen LogP contribution in [0.4, 0.5) is 16.3 Å². The highest BCUT2D eigenvalue weighted by atomic mass is 16.5. The summed E-state index contributed by atoms with van der Waals surface area (Å²) in [6.45, 7) is 8.26. The Hall–Kier alpha value is -6.49. The van der Waals surface area contributed by atoms with E-state index in [1.807, 2.05) is 37.3 Å². The number of aliphatic hydroxyl groups is 1. The fraction of sp³-hybridized carbons (Fsp3) is 0.265. The quantitative estimate of drug-likeness (QED) is 0.108. The zero-order chi connectivity index (χ0) is 37.7. The number of imidazole rings is 1. The number of carboxylic acid groups (broad SMARTS) is 3. The number of carbonyl (C=O) groups excluding carboxylic acids is 1. The SMILES string of the molecule is Cc1ccc(-n2nc(C(C)(C)C)cc2NC(=O)Nc2ccc(Oc3ccnc4c3[nH]c(=O)n4C)cc2)cc1.O=C(O)CC(O)(CC(=O)O)C(=O)O. The summed E-state index contributed by atoms with van der Waals surface area (Å²) >= 11 is 0. The molecule has 3 heterocycles. The Morgan fingerprint density at radius 1 is 0.902 bits per heavy atom. The molecule has 51 heavy (non-hydrogen) atoms. The van der Waals surface area contributed by atoms with Gasteiger partial charge < -0.3 is 35.5 Å². The molecular formula is C34H37N7O10. The first-order valence-electron chi connectivity index (χ1n) is 15.3. The third-order valence-electron chi connectivity index (χ3n) is 7.37. The van der Waals surface area contributed by atoms with Crippen LogP contribution in [0.3, 0.4) is 0 Å². The number of aromatic nitrogens is 5. The van der Waals surface area contributed by atoms with Crippen molar-refractivity contribution in [2.45, 2.75) is 51.6 Å². The van der Waals surface area contributed by atoms with Gasteiger partial charge in [0.15, 0.2) is 17.0 Å². The van der Waals surface area contributed by atoms with Gasteiger partial charge in [-0.2, -0.15) is 5.10 Å². The van der Waals surface area contributed by atoms with Gasteiger partial charge in [-0.1, -0.05) is 38.5 Å². The Balaban J connectivity index is 0.000000383. The van der Waals surface area contributed by atoms with E-state index in [1.165, 1.54) is 4.57 Å². The summed E-state index contributed by atoms with van der Waals surface area (Å²) in [6, 6.07) is 18.1. The number of anilines is 2. The van der Waals surface area contributed by atoms with Gasteiger partial charge in [-0.15, -0.1) is 0 Å². The standard InChI is InChI=1S/C28H29N7O3.C6H8O7/c1-17-6-10-19(11-7-17)35-23(16-22(33-35)28(2,3)4)31-26(36)30-18-8-12-20(13-9-18)38-21-14-15-29-25-24(21)32-27(37)34(25)5;7-3(8)1-6(13,5(11)12)2-4(9)10/h6-16H,1-5H3,(H,32,37)(H2,30,31,36);13H,1-2H2,(H,7,8)(H,9,10)(H,11,12). The number of nitrogens with one attached hydrogen (secondary N) is 3. The van der Waals surface area contributed by atoms with E-state index in [1.54, 1.807) is 48.3 Å². The zero-order valence-electron chi connectivity index (χ0n) is 28.3. The molecule has 0 spiro atoms. The number of hydrogen-bond donors (Lipinski definition) is 7. The number of aryl methyl sites for hydroxylation is 2. The molecule has 0 radical (unpaired) electrons. The number of ether oxygens (including phenoxy) is 1.